The monoisotopic (exact) mass is 413 g/mol. The number of hydrogen-bond donors (Lipinski definition) is 1. The molecule has 1 heterocycles. The average molecular weight is 413 g/mol. The number of aliphatic carboxylic acids is 1. The van der Waals surface area contributed by atoms with Gasteiger partial charge in [-0.25, -0.2) is 4.79 Å². The van der Waals surface area contributed by atoms with E-state index in [-0.39, 0.29) is 11.4 Å². The van der Waals surface area contributed by atoms with Gasteiger partial charge in [-0.15, -0.1) is 15.0 Å². The van der Waals surface area contributed by atoms with E-state index in [4.69, 9.17) is 4.74 Å². The first-order chi connectivity index (χ1) is 14.3. The summed E-state index contributed by atoms with van der Waals surface area (Å²) in [7, 11) is 0. The number of alkyl halides is 3. The Balaban J connectivity index is 1.83. The van der Waals surface area contributed by atoms with Crippen molar-refractivity contribution < 1.29 is 27.8 Å². The van der Waals surface area contributed by atoms with Crippen LogP contribution >= 0.6 is 0 Å². The Kier molecular flexibility index (Phi) is 4.86. The third-order valence-corrected chi connectivity index (χ3v) is 4.36. The highest BCUT2D eigenvalue weighted by atomic mass is 19.4. The molecule has 0 bridgehead atoms. The zero-order chi connectivity index (χ0) is 21.3. The molecule has 0 fully saturated rings. The lowest BCUT2D eigenvalue weighted by atomic mass is 10.1. The van der Waals surface area contributed by atoms with Crippen molar-refractivity contribution in [2.75, 3.05) is 0 Å². The second kappa shape index (κ2) is 7.51. The maximum atomic E-state index is 13.3. The van der Waals surface area contributed by atoms with Crippen LogP contribution in [0.5, 0.6) is 5.75 Å². The largest absolute Gasteiger partial charge is 0.478 e. The van der Waals surface area contributed by atoms with E-state index in [1.54, 1.807) is 54.6 Å². The number of aromatic nitrogens is 3. The van der Waals surface area contributed by atoms with Crippen LogP contribution in [0.15, 0.2) is 72.8 Å². The van der Waals surface area contributed by atoms with Crippen LogP contribution in [-0.4, -0.2) is 26.1 Å². The normalized spacial score (nSPS) is 12.6. The molecule has 0 aliphatic carbocycles. The molecule has 0 saturated heterocycles. The summed E-state index contributed by atoms with van der Waals surface area (Å²) < 4.78 is 45.5. The molecule has 0 amide bonds. The third kappa shape index (κ3) is 3.82. The summed E-state index contributed by atoms with van der Waals surface area (Å²) >= 11 is 0. The van der Waals surface area contributed by atoms with Gasteiger partial charge in [0.2, 0.25) is 6.10 Å². The van der Waals surface area contributed by atoms with Crippen LogP contribution in [0, 0.1) is 0 Å². The molecular formula is C21H14F3N3O3. The van der Waals surface area contributed by atoms with E-state index in [1.165, 1.54) is 0 Å². The second-order valence-corrected chi connectivity index (χ2v) is 6.41. The minimum Gasteiger partial charge on any atom is -0.478 e. The van der Waals surface area contributed by atoms with Crippen molar-refractivity contribution in [3.8, 4) is 11.4 Å². The molecular weight excluding hydrogens is 399 g/mol. The van der Waals surface area contributed by atoms with Gasteiger partial charge < -0.3 is 9.84 Å². The summed E-state index contributed by atoms with van der Waals surface area (Å²) in [6, 6.07) is 17.6. The fourth-order valence-electron chi connectivity index (χ4n) is 2.93. The molecule has 0 spiro atoms. The molecule has 30 heavy (non-hydrogen) atoms. The molecule has 1 atom stereocenters. The molecule has 3 aromatic carbocycles. The quantitative estimate of drug-likeness (QED) is 0.516. The number of carbonyl (C=O) groups is 1. The van der Waals surface area contributed by atoms with Crippen molar-refractivity contribution in [3.63, 3.8) is 0 Å². The maximum absolute atomic E-state index is 13.3. The summed E-state index contributed by atoms with van der Waals surface area (Å²) in [5, 5.41) is 18.0. The predicted molar refractivity (Wildman–Crippen MR) is 101 cm³/mol. The fraction of sp³-hybridized carbons (Fsp3) is 0.0952. The van der Waals surface area contributed by atoms with Gasteiger partial charge in [0.25, 0.3) is 0 Å². The summed E-state index contributed by atoms with van der Waals surface area (Å²) in [6.07, 6.45) is -6.03. The minimum absolute atomic E-state index is 0.0976. The minimum atomic E-state index is -4.61. The Morgan fingerprint density at radius 1 is 0.933 bits per heavy atom. The van der Waals surface area contributed by atoms with Crippen LogP contribution in [0.4, 0.5) is 13.2 Å². The zero-order valence-electron chi connectivity index (χ0n) is 15.2. The molecule has 0 aliphatic rings. The molecule has 1 N–H and O–H groups in total. The van der Waals surface area contributed by atoms with Gasteiger partial charge in [-0.1, -0.05) is 42.5 Å². The number of hydrogen-bond acceptors (Lipinski definition) is 4. The van der Waals surface area contributed by atoms with Crippen LogP contribution < -0.4 is 4.74 Å². The van der Waals surface area contributed by atoms with Crippen molar-refractivity contribution in [2.24, 2.45) is 0 Å². The fourth-order valence-corrected chi connectivity index (χ4v) is 2.93. The van der Waals surface area contributed by atoms with Crippen molar-refractivity contribution in [3.05, 3.63) is 83.9 Å². The van der Waals surface area contributed by atoms with E-state index in [1.807, 2.05) is 0 Å². The molecule has 4 aromatic rings. The van der Waals surface area contributed by atoms with Crippen LogP contribution in [0.3, 0.4) is 0 Å². The van der Waals surface area contributed by atoms with Gasteiger partial charge >= 0.3 is 12.1 Å². The first kappa shape index (κ1) is 19.4. The van der Waals surface area contributed by atoms with E-state index >= 15 is 0 Å². The van der Waals surface area contributed by atoms with Crippen molar-refractivity contribution >= 4 is 17.0 Å². The van der Waals surface area contributed by atoms with Crippen LogP contribution in [-0.2, 0) is 11.0 Å². The molecule has 152 valence electrons. The van der Waals surface area contributed by atoms with Gasteiger partial charge in [0.05, 0.1) is 5.56 Å². The number of nitrogens with zero attached hydrogens (tertiary/aromatic N) is 3. The highest BCUT2D eigenvalue weighted by Gasteiger charge is 2.32. The third-order valence-electron chi connectivity index (χ3n) is 4.36. The molecule has 0 radical (unpaired) electrons. The number of fused-ring (bicyclic) bond motifs is 1. The smallest absolute Gasteiger partial charge is 0.416 e. The van der Waals surface area contributed by atoms with E-state index in [0.29, 0.717) is 16.6 Å². The summed E-state index contributed by atoms with van der Waals surface area (Å²) in [5.41, 5.74) is 0.229. The molecule has 6 nitrogen and oxygen atoms in total. The molecule has 4 rings (SSSR count). The number of ether oxygens (including phenoxy) is 1. The number of rotatable bonds is 5. The molecule has 9 heteroatoms. The van der Waals surface area contributed by atoms with Crippen molar-refractivity contribution in [1.29, 1.82) is 0 Å². The van der Waals surface area contributed by atoms with Gasteiger partial charge in [-0.2, -0.15) is 13.2 Å². The lowest BCUT2D eigenvalue weighted by molar-refractivity contribution is -0.145. The van der Waals surface area contributed by atoms with Gasteiger partial charge in [0.1, 0.15) is 22.5 Å². The van der Waals surface area contributed by atoms with E-state index < -0.39 is 23.8 Å². The first-order valence-corrected chi connectivity index (χ1v) is 8.81. The number of benzene rings is 3. The first-order valence-electron chi connectivity index (χ1n) is 8.81. The standard InChI is InChI=1S/C21H14F3N3O3/c22-21(23,24)14-10-11-18(30-19(20(28)29)13-6-2-1-3-7-13)17(12-14)27-25-15-8-4-5-9-16(15)26-27/h1-12,19H,(H,28,29). The van der Waals surface area contributed by atoms with Crippen molar-refractivity contribution in [1.82, 2.24) is 15.0 Å². The van der Waals surface area contributed by atoms with Gasteiger partial charge in [0.15, 0.2) is 0 Å². The molecule has 1 aromatic heterocycles. The van der Waals surface area contributed by atoms with Crippen LogP contribution in [0.2, 0.25) is 0 Å². The van der Waals surface area contributed by atoms with Crippen molar-refractivity contribution in [2.45, 2.75) is 12.3 Å². The SMILES string of the molecule is O=C(O)C(Oc1ccc(C(F)(F)F)cc1-n1nc2ccccc2n1)c1ccccc1. The lowest BCUT2D eigenvalue weighted by Gasteiger charge is -2.18. The highest BCUT2D eigenvalue weighted by molar-refractivity contribution is 5.75. The molecule has 0 saturated carbocycles. The van der Waals surface area contributed by atoms with Crippen LogP contribution in [0.25, 0.3) is 16.7 Å². The Morgan fingerprint density at radius 2 is 1.53 bits per heavy atom. The number of carboxylic acids is 1. The van der Waals surface area contributed by atoms with Gasteiger partial charge in [0, 0.05) is 5.56 Å². The number of halogens is 3. The molecule has 1 unspecified atom stereocenters. The van der Waals surface area contributed by atoms with E-state index in [0.717, 1.165) is 23.0 Å². The Bertz CT molecular complexity index is 1170. The predicted octanol–water partition coefficient (Wildman–Crippen LogP) is 4.64. The Hall–Kier alpha value is -3.88. The highest BCUT2D eigenvalue weighted by Crippen LogP contribution is 2.35. The van der Waals surface area contributed by atoms with Crippen LogP contribution in [0.1, 0.15) is 17.2 Å². The second-order valence-electron chi connectivity index (χ2n) is 6.41. The topological polar surface area (TPSA) is 77.2 Å². The molecule has 0 aliphatic heterocycles. The van der Waals surface area contributed by atoms with Gasteiger partial charge in [-0.05, 0) is 30.3 Å². The lowest BCUT2D eigenvalue weighted by Crippen LogP contribution is -2.19. The zero-order valence-corrected chi connectivity index (χ0v) is 15.2. The Morgan fingerprint density at radius 3 is 2.10 bits per heavy atom. The summed E-state index contributed by atoms with van der Waals surface area (Å²) in [6.45, 7) is 0. The summed E-state index contributed by atoms with van der Waals surface area (Å²) in [4.78, 5) is 12.8. The van der Waals surface area contributed by atoms with E-state index in [2.05, 4.69) is 10.2 Å². The number of carboxylic acid groups (broad SMARTS) is 1. The Labute approximate surface area is 168 Å². The van der Waals surface area contributed by atoms with E-state index in [9.17, 15) is 23.1 Å². The maximum Gasteiger partial charge on any atom is 0.416 e. The van der Waals surface area contributed by atoms with Gasteiger partial charge in [-0.3, -0.25) is 0 Å². The average Bonchev–Trinajstić information content (AvgIpc) is 3.15. The summed E-state index contributed by atoms with van der Waals surface area (Å²) in [5.74, 6) is -1.38.